The van der Waals surface area contributed by atoms with E-state index in [1.807, 2.05) is 62.4 Å². The molecule has 2 aromatic heterocycles. The Morgan fingerprint density at radius 2 is 1.77 bits per heavy atom. The van der Waals surface area contributed by atoms with Crippen molar-refractivity contribution in [1.29, 1.82) is 0 Å². The molecular weight excluding hydrogens is 390 g/mol. The van der Waals surface area contributed by atoms with Crippen molar-refractivity contribution in [1.82, 2.24) is 19.8 Å². The monoisotopic (exact) mass is 415 g/mol. The van der Waals surface area contributed by atoms with E-state index in [9.17, 15) is 4.79 Å². The zero-order valence-corrected chi connectivity index (χ0v) is 18.1. The number of aryl methyl sites for hydroxylation is 1. The van der Waals surface area contributed by atoms with Gasteiger partial charge in [-0.15, -0.1) is 10.2 Å². The Bertz CT molecular complexity index is 1230. The molecule has 4 aromatic rings. The van der Waals surface area contributed by atoms with Crippen molar-refractivity contribution in [2.24, 2.45) is 0 Å². The van der Waals surface area contributed by atoms with Gasteiger partial charge in [0.15, 0.2) is 11.3 Å². The Labute approximate surface area is 181 Å². The molecular formula is C24H25N5O2. The van der Waals surface area contributed by atoms with Gasteiger partial charge in [0.2, 0.25) is 0 Å². The van der Waals surface area contributed by atoms with E-state index in [2.05, 4.69) is 29.4 Å². The topological polar surface area (TPSA) is 81.4 Å². The third-order valence-electron chi connectivity index (χ3n) is 5.05. The van der Waals surface area contributed by atoms with E-state index in [0.29, 0.717) is 29.4 Å². The van der Waals surface area contributed by atoms with Crippen LogP contribution in [0.25, 0.3) is 16.8 Å². The highest BCUT2D eigenvalue weighted by Gasteiger charge is 2.23. The van der Waals surface area contributed by atoms with Gasteiger partial charge < -0.3 is 10.1 Å². The highest BCUT2D eigenvalue weighted by molar-refractivity contribution is 6.04. The van der Waals surface area contributed by atoms with Crippen LogP contribution in [-0.2, 0) is 0 Å². The molecule has 2 aromatic carbocycles. The summed E-state index contributed by atoms with van der Waals surface area (Å²) in [6.07, 6.45) is 0. The largest absolute Gasteiger partial charge is 0.492 e. The molecule has 7 nitrogen and oxygen atoms in total. The predicted octanol–water partition coefficient (Wildman–Crippen LogP) is 4.87. The van der Waals surface area contributed by atoms with E-state index >= 15 is 0 Å². The second-order valence-corrected chi connectivity index (χ2v) is 7.53. The molecule has 0 unspecified atom stereocenters. The number of benzene rings is 2. The van der Waals surface area contributed by atoms with Crippen LogP contribution in [0.15, 0.2) is 54.6 Å². The molecule has 0 saturated carbocycles. The summed E-state index contributed by atoms with van der Waals surface area (Å²) >= 11 is 0. The number of anilines is 1. The van der Waals surface area contributed by atoms with Gasteiger partial charge in [-0.05, 0) is 37.5 Å². The van der Waals surface area contributed by atoms with E-state index in [1.54, 1.807) is 10.6 Å². The second-order valence-electron chi connectivity index (χ2n) is 7.53. The lowest BCUT2D eigenvalue weighted by atomic mass is 10.00. The van der Waals surface area contributed by atoms with E-state index in [-0.39, 0.29) is 17.5 Å². The zero-order valence-electron chi connectivity index (χ0n) is 18.1. The van der Waals surface area contributed by atoms with Gasteiger partial charge in [0.1, 0.15) is 5.75 Å². The Morgan fingerprint density at radius 1 is 1.06 bits per heavy atom. The van der Waals surface area contributed by atoms with Gasteiger partial charge in [-0.1, -0.05) is 56.3 Å². The zero-order chi connectivity index (χ0) is 22.0. The molecule has 0 radical (unpaired) electrons. The molecule has 1 N–H and O–H groups in total. The van der Waals surface area contributed by atoms with Gasteiger partial charge in [-0.25, -0.2) is 4.52 Å². The Morgan fingerprint density at radius 3 is 2.48 bits per heavy atom. The van der Waals surface area contributed by atoms with Gasteiger partial charge in [0.05, 0.1) is 29.2 Å². The molecule has 0 saturated heterocycles. The highest BCUT2D eigenvalue weighted by atomic mass is 16.5. The summed E-state index contributed by atoms with van der Waals surface area (Å²) in [6.45, 7) is 8.42. The smallest absolute Gasteiger partial charge is 0.278 e. The average molecular weight is 415 g/mol. The third-order valence-corrected chi connectivity index (χ3v) is 5.05. The molecule has 0 aliphatic heterocycles. The molecule has 0 atom stereocenters. The molecule has 0 spiro atoms. The lowest BCUT2D eigenvalue weighted by Crippen LogP contribution is -2.19. The Hall–Kier alpha value is -3.74. The van der Waals surface area contributed by atoms with Crippen molar-refractivity contribution < 1.29 is 9.53 Å². The first-order valence-electron chi connectivity index (χ1n) is 10.4. The lowest BCUT2D eigenvalue weighted by Gasteiger charge is -2.12. The quantitative estimate of drug-likeness (QED) is 0.486. The third kappa shape index (κ3) is 3.86. The van der Waals surface area contributed by atoms with Gasteiger partial charge >= 0.3 is 0 Å². The summed E-state index contributed by atoms with van der Waals surface area (Å²) in [5.74, 6) is 0.436. The number of nitrogens with one attached hydrogen (secondary N) is 1. The number of para-hydroxylation sites is 2. The summed E-state index contributed by atoms with van der Waals surface area (Å²) in [4.78, 5) is 13.0. The fourth-order valence-corrected chi connectivity index (χ4v) is 3.55. The average Bonchev–Trinajstić information content (AvgIpc) is 3.17. The van der Waals surface area contributed by atoms with E-state index < -0.39 is 0 Å². The van der Waals surface area contributed by atoms with Crippen LogP contribution in [0.2, 0.25) is 0 Å². The van der Waals surface area contributed by atoms with Crippen LogP contribution in [0.4, 0.5) is 5.69 Å². The van der Waals surface area contributed by atoms with Crippen LogP contribution >= 0.6 is 0 Å². The van der Waals surface area contributed by atoms with Crippen molar-refractivity contribution in [2.45, 2.75) is 33.6 Å². The molecule has 0 bridgehead atoms. The summed E-state index contributed by atoms with van der Waals surface area (Å²) in [5, 5.41) is 16.4. The summed E-state index contributed by atoms with van der Waals surface area (Å²) in [7, 11) is 0. The Balaban J connectivity index is 1.78. The molecule has 0 aliphatic carbocycles. The standard InChI is InChI=1S/C24H25N5O2/c1-5-31-19-14-10-9-13-18(19)25-24(30)22-16(4)29-23(27-26-22)20(21(28-29)15(2)3)17-11-7-6-8-12-17/h6-15H,5H2,1-4H3,(H,25,30). The number of carbonyl (C=O) groups is 1. The SMILES string of the molecule is CCOc1ccccc1NC(=O)c1nnc2c(-c3ccccc3)c(C(C)C)nn2c1C. The molecule has 31 heavy (non-hydrogen) atoms. The number of fused-ring (bicyclic) bond motifs is 1. The highest BCUT2D eigenvalue weighted by Crippen LogP contribution is 2.32. The first-order valence-corrected chi connectivity index (χ1v) is 10.4. The minimum Gasteiger partial charge on any atom is -0.492 e. The maximum Gasteiger partial charge on any atom is 0.278 e. The number of amides is 1. The minimum absolute atomic E-state index is 0.187. The van der Waals surface area contributed by atoms with Crippen molar-refractivity contribution >= 4 is 17.2 Å². The van der Waals surface area contributed by atoms with Crippen molar-refractivity contribution in [3.05, 3.63) is 71.7 Å². The van der Waals surface area contributed by atoms with Crippen molar-refractivity contribution in [2.75, 3.05) is 11.9 Å². The fraction of sp³-hybridized carbons (Fsp3) is 0.250. The van der Waals surface area contributed by atoms with Crippen LogP contribution in [0.3, 0.4) is 0 Å². The lowest BCUT2D eigenvalue weighted by molar-refractivity contribution is 0.101. The number of rotatable bonds is 6. The van der Waals surface area contributed by atoms with Crippen LogP contribution in [-0.4, -0.2) is 32.3 Å². The molecule has 1 amide bonds. The minimum atomic E-state index is -0.359. The molecule has 4 rings (SSSR count). The fourth-order valence-electron chi connectivity index (χ4n) is 3.55. The van der Waals surface area contributed by atoms with Gasteiger partial charge in [-0.3, -0.25) is 4.79 Å². The van der Waals surface area contributed by atoms with Crippen LogP contribution < -0.4 is 10.1 Å². The first-order chi connectivity index (χ1) is 15.0. The molecule has 158 valence electrons. The Kier molecular flexibility index (Phi) is 5.66. The predicted molar refractivity (Wildman–Crippen MR) is 121 cm³/mol. The van der Waals surface area contributed by atoms with Crippen LogP contribution in [0, 0.1) is 6.92 Å². The molecule has 7 heteroatoms. The summed E-state index contributed by atoms with van der Waals surface area (Å²) in [6, 6.07) is 17.3. The maximum absolute atomic E-state index is 13.0. The van der Waals surface area contributed by atoms with Gasteiger partial charge in [0.25, 0.3) is 5.91 Å². The van der Waals surface area contributed by atoms with E-state index in [1.165, 1.54) is 0 Å². The number of ether oxygens (including phenoxy) is 1. The van der Waals surface area contributed by atoms with Gasteiger partial charge in [-0.2, -0.15) is 5.10 Å². The second kappa shape index (κ2) is 8.55. The summed E-state index contributed by atoms with van der Waals surface area (Å²) < 4.78 is 7.32. The van der Waals surface area contributed by atoms with E-state index in [0.717, 1.165) is 16.8 Å². The van der Waals surface area contributed by atoms with Crippen LogP contribution in [0.1, 0.15) is 48.6 Å². The molecule has 0 fully saturated rings. The number of aromatic nitrogens is 4. The number of nitrogens with zero attached hydrogens (tertiary/aromatic N) is 4. The van der Waals surface area contributed by atoms with E-state index in [4.69, 9.17) is 9.84 Å². The number of hydrogen-bond acceptors (Lipinski definition) is 5. The number of hydrogen-bond donors (Lipinski definition) is 1. The molecule has 0 aliphatic rings. The first kappa shape index (κ1) is 20.5. The van der Waals surface area contributed by atoms with Crippen LogP contribution in [0.5, 0.6) is 5.75 Å². The maximum atomic E-state index is 13.0. The van der Waals surface area contributed by atoms with Gasteiger partial charge in [0, 0.05) is 0 Å². The summed E-state index contributed by atoms with van der Waals surface area (Å²) in [5.41, 5.74) is 4.96. The number of carbonyl (C=O) groups excluding carboxylic acids is 1. The van der Waals surface area contributed by atoms with Crippen molar-refractivity contribution in [3.8, 4) is 16.9 Å². The molecule has 2 heterocycles. The van der Waals surface area contributed by atoms with Crippen molar-refractivity contribution in [3.63, 3.8) is 0 Å². The normalized spacial score (nSPS) is 11.1.